The molecule has 2 aromatic rings. The van der Waals surface area contributed by atoms with Crippen molar-refractivity contribution in [3.63, 3.8) is 0 Å². The number of hydrogen-bond donors (Lipinski definition) is 2. The topological polar surface area (TPSA) is 74.6 Å². The molecule has 0 unspecified atom stereocenters. The molecule has 186 valence electrons. The van der Waals surface area contributed by atoms with Gasteiger partial charge in [0.15, 0.2) is 0 Å². The van der Waals surface area contributed by atoms with E-state index in [4.69, 9.17) is 0 Å². The quantitative estimate of drug-likeness (QED) is 0.366. The molecule has 0 aliphatic carbocycles. The van der Waals surface area contributed by atoms with Gasteiger partial charge in [0.1, 0.15) is 11.5 Å². The highest BCUT2D eigenvalue weighted by Crippen LogP contribution is 2.40. The van der Waals surface area contributed by atoms with Gasteiger partial charge in [-0.15, -0.1) is 0 Å². The fraction of sp³-hybridized carbons (Fsp3) is 0.533. The molecule has 0 aromatic heterocycles. The molecule has 4 heteroatoms. The van der Waals surface area contributed by atoms with Crippen LogP contribution in [0.5, 0.6) is 11.5 Å². The summed E-state index contributed by atoms with van der Waals surface area (Å²) in [6.07, 6.45) is 0. The molecule has 2 aromatic carbocycles. The first-order valence-corrected chi connectivity index (χ1v) is 11.9. The molecular formula is C30H42O4. The maximum absolute atomic E-state index is 13.6. The van der Waals surface area contributed by atoms with Crippen molar-refractivity contribution in [1.29, 1.82) is 0 Å². The van der Waals surface area contributed by atoms with Gasteiger partial charge in [-0.05, 0) is 44.9 Å². The van der Waals surface area contributed by atoms with Crippen LogP contribution in [0.15, 0.2) is 24.3 Å². The summed E-state index contributed by atoms with van der Waals surface area (Å²) in [6, 6.07) is 7.04. The van der Waals surface area contributed by atoms with E-state index in [0.717, 1.165) is 11.1 Å². The third-order valence-electron chi connectivity index (χ3n) is 6.26. The van der Waals surface area contributed by atoms with Gasteiger partial charge in [-0.1, -0.05) is 95.2 Å². The molecule has 0 aliphatic rings. The molecule has 0 atom stereocenters. The van der Waals surface area contributed by atoms with Crippen molar-refractivity contribution in [2.75, 3.05) is 0 Å². The molecular weight excluding hydrogens is 424 g/mol. The van der Waals surface area contributed by atoms with Crippen molar-refractivity contribution in [2.24, 2.45) is 0 Å². The lowest BCUT2D eigenvalue weighted by atomic mass is 9.77. The van der Waals surface area contributed by atoms with E-state index in [1.54, 1.807) is 12.1 Å². The molecule has 0 fully saturated rings. The van der Waals surface area contributed by atoms with Gasteiger partial charge in [0.2, 0.25) is 11.6 Å². The normalized spacial score (nSPS) is 13.2. The van der Waals surface area contributed by atoms with Gasteiger partial charge < -0.3 is 10.2 Å². The predicted octanol–water partition coefficient (Wildman–Crippen LogP) is 7.35. The van der Waals surface area contributed by atoms with E-state index in [-0.39, 0.29) is 33.5 Å². The van der Waals surface area contributed by atoms with Crippen LogP contribution in [0, 0.1) is 0 Å². The lowest BCUT2D eigenvalue weighted by Gasteiger charge is -2.28. The number of carbonyl (C=O) groups excluding carboxylic acids is 2. The fourth-order valence-electron chi connectivity index (χ4n) is 3.87. The standard InChI is InChI=1S/C30H42O4/c1-27(2,3)17-13-19(23(31)21(15-17)29(7,8)9)25(33)26(34)20-14-18(28(4,5)6)16-22(24(20)32)30(10,11)12/h13-16,31-32H,1-12H3. The van der Waals surface area contributed by atoms with Crippen LogP contribution in [0.3, 0.4) is 0 Å². The van der Waals surface area contributed by atoms with Crippen molar-refractivity contribution in [1.82, 2.24) is 0 Å². The van der Waals surface area contributed by atoms with Gasteiger partial charge >= 0.3 is 0 Å². The third-order valence-corrected chi connectivity index (χ3v) is 6.26. The Labute approximate surface area is 205 Å². The average Bonchev–Trinajstić information content (AvgIpc) is 2.63. The van der Waals surface area contributed by atoms with Crippen molar-refractivity contribution >= 4 is 11.6 Å². The monoisotopic (exact) mass is 466 g/mol. The number of ketones is 2. The summed E-state index contributed by atoms with van der Waals surface area (Å²) < 4.78 is 0. The second-order valence-corrected chi connectivity index (χ2v) is 13.5. The Morgan fingerprint density at radius 2 is 0.765 bits per heavy atom. The Hall–Kier alpha value is -2.62. The first-order valence-electron chi connectivity index (χ1n) is 11.9. The lowest BCUT2D eigenvalue weighted by molar-refractivity contribution is 0.0812. The van der Waals surface area contributed by atoms with Crippen LogP contribution in [0.4, 0.5) is 0 Å². The predicted molar refractivity (Wildman–Crippen MR) is 140 cm³/mol. The summed E-state index contributed by atoms with van der Waals surface area (Å²) in [7, 11) is 0. The molecule has 34 heavy (non-hydrogen) atoms. The number of phenols is 2. The Balaban J connectivity index is 2.81. The van der Waals surface area contributed by atoms with Crippen molar-refractivity contribution in [3.05, 3.63) is 57.6 Å². The molecule has 0 spiro atoms. The van der Waals surface area contributed by atoms with Crippen LogP contribution < -0.4 is 0 Å². The minimum Gasteiger partial charge on any atom is -0.507 e. The number of carbonyl (C=O) groups is 2. The molecule has 2 N–H and O–H groups in total. The van der Waals surface area contributed by atoms with E-state index < -0.39 is 22.4 Å². The molecule has 0 saturated heterocycles. The SMILES string of the molecule is CC(C)(C)c1cc(C(=O)C(=O)c2cc(C(C)(C)C)cc(C(C)(C)C)c2O)c(O)c(C(C)(C)C)c1. The van der Waals surface area contributed by atoms with Gasteiger partial charge in [0.25, 0.3) is 0 Å². The molecule has 4 nitrogen and oxygen atoms in total. The highest BCUT2D eigenvalue weighted by atomic mass is 16.3. The number of benzene rings is 2. The Bertz CT molecular complexity index is 1030. The fourth-order valence-corrected chi connectivity index (χ4v) is 3.87. The smallest absolute Gasteiger partial charge is 0.237 e. The van der Waals surface area contributed by atoms with Gasteiger partial charge in [0.05, 0.1) is 11.1 Å². The van der Waals surface area contributed by atoms with E-state index in [9.17, 15) is 19.8 Å². The zero-order chi connectivity index (χ0) is 26.6. The van der Waals surface area contributed by atoms with Crippen molar-refractivity contribution in [3.8, 4) is 11.5 Å². The number of phenolic OH excluding ortho intramolecular Hbond substituents is 2. The molecule has 0 amide bonds. The zero-order valence-corrected chi connectivity index (χ0v) is 23.0. The van der Waals surface area contributed by atoms with Crippen molar-refractivity contribution < 1.29 is 19.8 Å². The maximum atomic E-state index is 13.6. The van der Waals surface area contributed by atoms with Crippen LogP contribution in [0.25, 0.3) is 0 Å². The van der Waals surface area contributed by atoms with Gasteiger partial charge in [-0.3, -0.25) is 9.59 Å². The molecule has 0 heterocycles. The second kappa shape index (κ2) is 8.55. The molecule has 0 saturated carbocycles. The second-order valence-electron chi connectivity index (χ2n) is 13.5. The van der Waals surface area contributed by atoms with Gasteiger partial charge in [-0.2, -0.15) is 0 Å². The molecule has 0 aliphatic heterocycles. The zero-order valence-electron chi connectivity index (χ0n) is 23.0. The number of aromatic hydroxyl groups is 2. The van der Waals surface area contributed by atoms with Crippen LogP contribution >= 0.6 is 0 Å². The van der Waals surface area contributed by atoms with E-state index >= 15 is 0 Å². The largest absolute Gasteiger partial charge is 0.507 e. The minimum absolute atomic E-state index is 0.0276. The van der Waals surface area contributed by atoms with Crippen molar-refractivity contribution in [2.45, 2.75) is 105 Å². The van der Waals surface area contributed by atoms with Crippen LogP contribution in [-0.4, -0.2) is 21.8 Å². The highest BCUT2D eigenvalue weighted by molar-refractivity contribution is 6.50. The Morgan fingerprint density at radius 3 is 0.971 bits per heavy atom. The first kappa shape index (κ1) is 27.6. The number of rotatable bonds is 3. The van der Waals surface area contributed by atoms with E-state index in [2.05, 4.69) is 0 Å². The molecule has 0 bridgehead atoms. The summed E-state index contributed by atoms with van der Waals surface area (Å²) in [5.74, 6) is -2.01. The first-order chi connectivity index (χ1) is 15.1. The summed E-state index contributed by atoms with van der Waals surface area (Å²) in [5, 5.41) is 22.2. The summed E-state index contributed by atoms with van der Waals surface area (Å²) >= 11 is 0. The lowest BCUT2D eigenvalue weighted by Crippen LogP contribution is -2.23. The van der Waals surface area contributed by atoms with E-state index in [0.29, 0.717) is 11.1 Å². The highest BCUT2D eigenvalue weighted by Gasteiger charge is 2.33. The minimum atomic E-state index is -0.824. The number of Topliss-reactive ketones (excluding diaryl/α,β-unsaturated/α-hetero) is 2. The van der Waals surface area contributed by atoms with Crippen LogP contribution in [-0.2, 0) is 21.7 Å². The Morgan fingerprint density at radius 1 is 0.500 bits per heavy atom. The Kier molecular flexibility index (Phi) is 6.95. The van der Waals surface area contributed by atoms with E-state index in [1.165, 1.54) is 0 Å². The van der Waals surface area contributed by atoms with Crippen LogP contribution in [0.2, 0.25) is 0 Å². The summed E-state index contributed by atoms with van der Waals surface area (Å²) in [6.45, 7) is 23.9. The average molecular weight is 467 g/mol. The van der Waals surface area contributed by atoms with Gasteiger partial charge in [0, 0.05) is 11.1 Å². The maximum Gasteiger partial charge on any atom is 0.237 e. The summed E-state index contributed by atoms with van der Waals surface area (Å²) in [5.41, 5.74) is 1.43. The summed E-state index contributed by atoms with van der Waals surface area (Å²) in [4.78, 5) is 27.2. The molecule has 2 rings (SSSR count). The molecule has 0 radical (unpaired) electrons. The van der Waals surface area contributed by atoms with Gasteiger partial charge in [-0.25, -0.2) is 0 Å². The number of hydrogen-bond acceptors (Lipinski definition) is 4. The van der Waals surface area contributed by atoms with Crippen LogP contribution in [0.1, 0.15) is 126 Å². The van der Waals surface area contributed by atoms with E-state index in [1.807, 2.05) is 95.2 Å². The third kappa shape index (κ3) is 5.54.